The first-order chi connectivity index (χ1) is 16.0. The van der Waals surface area contributed by atoms with Crippen molar-refractivity contribution >= 4 is 15.5 Å². The summed E-state index contributed by atoms with van der Waals surface area (Å²) in [5.74, 6) is 0.104. The molecule has 2 saturated heterocycles. The Bertz CT molecular complexity index is 1070. The predicted molar refractivity (Wildman–Crippen MR) is 130 cm³/mol. The van der Waals surface area contributed by atoms with E-state index in [4.69, 9.17) is 4.74 Å². The molecule has 2 aromatic carbocycles. The molecular weight excluding hydrogens is 434 g/mol. The van der Waals surface area contributed by atoms with Crippen molar-refractivity contribution in [3.8, 4) is 6.07 Å². The normalized spacial score (nSPS) is 20.5. The third-order valence-electron chi connectivity index (χ3n) is 6.87. The molecule has 7 heteroatoms. The molecule has 0 aromatic heterocycles. The van der Waals surface area contributed by atoms with Crippen LogP contribution in [0.4, 0.5) is 5.69 Å². The van der Waals surface area contributed by atoms with E-state index in [0.717, 1.165) is 68.7 Å². The maximum absolute atomic E-state index is 12.5. The molecule has 0 saturated carbocycles. The maximum Gasteiger partial charge on any atom is 0.202 e. The number of aryl methyl sites for hydroxylation is 1. The van der Waals surface area contributed by atoms with Gasteiger partial charge >= 0.3 is 0 Å². The highest BCUT2D eigenvalue weighted by Gasteiger charge is 2.30. The van der Waals surface area contributed by atoms with Gasteiger partial charge in [0.2, 0.25) is 9.84 Å². The fraction of sp³-hybridized carbons (Fsp3) is 0.500. The van der Waals surface area contributed by atoms with Crippen LogP contribution in [0.25, 0.3) is 0 Å². The Morgan fingerprint density at radius 2 is 1.76 bits per heavy atom. The first-order valence-corrected chi connectivity index (χ1v) is 13.5. The molecule has 2 aromatic rings. The Balaban J connectivity index is 1.25. The van der Waals surface area contributed by atoms with Gasteiger partial charge in [-0.05, 0) is 69.3 Å². The van der Waals surface area contributed by atoms with Crippen LogP contribution in [-0.4, -0.2) is 58.1 Å². The Morgan fingerprint density at radius 3 is 2.48 bits per heavy atom. The van der Waals surface area contributed by atoms with Crippen LogP contribution >= 0.6 is 0 Å². The van der Waals surface area contributed by atoms with Gasteiger partial charge in [0.05, 0.1) is 22.8 Å². The monoisotopic (exact) mass is 467 g/mol. The van der Waals surface area contributed by atoms with E-state index in [1.54, 1.807) is 12.1 Å². The van der Waals surface area contributed by atoms with E-state index in [-0.39, 0.29) is 5.94 Å². The Kier molecular flexibility index (Phi) is 7.69. The number of sulfone groups is 1. The van der Waals surface area contributed by atoms with Gasteiger partial charge in [0.1, 0.15) is 6.07 Å². The van der Waals surface area contributed by atoms with Crippen LogP contribution in [0.2, 0.25) is 0 Å². The average Bonchev–Trinajstić information content (AvgIpc) is 2.84. The summed E-state index contributed by atoms with van der Waals surface area (Å²) in [4.78, 5) is 5.22. The molecule has 2 heterocycles. The molecule has 6 nitrogen and oxygen atoms in total. The van der Waals surface area contributed by atoms with E-state index in [9.17, 15) is 13.7 Å². The highest BCUT2D eigenvalue weighted by Crippen LogP contribution is 2.28. The summed E-state index contributed by atoms with van der Waals surface area (Å²) in [6.45, 7) is 6.39. The molecular formula is C26H33N3O3S. The summed E-state index contributed by atoms with van der Waals surface area (Å²) in [6, 6.07) is 17.6. The second-order valence-electron chi connectivity index (χ2n) is 9.27. The van der Waals surface area contributed by atoms with Crippen LogP contribution in [0, 0.1) is 24.2 Å². The standard InChI is InChI=1S/C26H33N3O3S/c1-21-8-10-25(11-9-21)33(30,31)20-32-19-22-5-4-14-29(18-22)24-12-15-28(16-13-24)26-7-3-2-6-23(26)17-27/h2-3,6-11,22,24H,4-5,12-16,18-20H2,1H3. The summed E-state index contributed by atoms with van der Waals surface area (Å²) < 4.78 is 30.8. The molecule has 2 fully saturated rings. The van der Waals surface area contributed by atoms with Crippen LogP contribution in [0.3, 0.4) is 0 Å². The molecule has 0 bridgehead atoms. The topological polar surface area (TPSA) is 73.6 Å². The molecule has 0 aliphatic carbocycles. The van der Waals surface area contributed by atoms with E-state index in [2.05, 4.69) is 15.9 Å². The molecule has 1 atom stereocenters. The van der Waals surface area contributed by atoms with Crippen molar-refractivity contribution in [2.24, 2.45) is 5.92 Å². The second-order valence-corrected chi connectivity index (χ2v) is 11.2. The van der Waals surface area contributed by atoms with E-state index in [1.165, 1.54) is 0 Å². The van der Waals surface area contributed by atoms with Crippen molar-refractivity contribution in [3.05, 3.63) is 59.7 Å². The highest BCUT2D eigenvalue weighted by atomic mass is 32.2. The lowest BCUT2D eigenvalue weighted by Gasteiger charge is -2.43. The zero-order chi connectivity index (χ0) is 23.3. The Hall–Kier alpha value is -2.40. The van der Waals surface area contributed by atoms with Crippen LogP contribution in [0.15, 0.2) is 53.4 Å². The molecule has 0 radical (unpaired) electrons. The van der Waals surface area contributed by atoms with Crippen LogP contribution in [0.5, 0.6) is 0 Å². The summed E-state index contributed by atoms with van der Waals surface area (Å²) in [5, 5.41) is 9.40. The molecule has 0 N–H and O–H groups in total. The van der Waals surface area contributed by atoms with Gasteiger partial charge < -0.3 is 9.64 Å². The van der Waals surface area contributed by atoms with Gasteiger partial charge in [0.25, 0.3) is 0 Å². The van der Waals surface area contributed by atoms with Gasteiger partial charge in [0.15, 0.2) is 5.94 Å². The van der Waals surface area contributed by atoms with E-state index in [0.29, 0.717) is 23.5 Å². The van der Waals surface area contributed by atoms with E-state index < -0.39 is 9.84 Å². The van der Waals surface area contributed by atoms with Crippen molar-refractivity contribution in [2.75, 3.05) is 43.6 Å². The number of piperidine rings is 2. The van der Waals surface area contributed by atoms with Crippen molar-refractivity contribution in [2.45, 2.75) is 43.5 Å². The van der Waals surface area contributed by atoms with E-state index >= 15 is 0 Å². The van der Waals surface area contributed by atoms with Gasteiger partial charge in [-0.3, -0.25) is 4.90 Å². The molecule has 4 rings (SSSR count). The second kappa shape index (κ2) is 10.7. The fourth-order valence-corrected chi connectivity index (χ4v) is 6.02. The van der Waals surface area contributed by atoms with Crippen molar-refractivity contribution < 1.29 is 13.2 Å². The number of nitrogens with zero attached hydrogens (tertiary/aromatic N) is 3. The van der Waals surface area contributed by atoms with Gasteiger partial charge in [-0.1, -0.05) is 29.8 Å². The number of benzene rings is 2. The van der Waals surface area contributed by atoms with Crippen molar-refractivity contribution in [1.82, 2.24) is 4.90 Å². The number of hydrogen-bond donors (Lipinski definition) is 0. The molecule has 2 aliphatic heterocycles. The zero-order valence-electron chi connectivity index (χ0n) is 19.3. The zero-order valence-corrected chi connectivity index (χ0v) is 20.1. The van der Waals surface area contributed by atoms with Crippen molar-refractivity contribution in [1.29, 1.82) is 5.26 Å². The Morgan fingerprint density at radius 1 is 1.03 bits per heavy atom. The minimum atomic E-state index is -3.41. The number of ether oxygens (including phenoxy) is 1. The lowest BCUT2D eigenvalue weighted by atomic mass is 9.94. The SMILES string of the molecule is Cc1ccc(S(=O)(=O)COCC2CCCN(C3CCN(c4ccccc4C#N)CC3)C2)cc1. The number of anilines is 1. The minimum Gasteiger partial charge on any atom is -0.370 e. The summed E-state index contributed by atoms with van der Waals surface area (Å²) in [7, 11) is -3.41. The number of hydrogen-bond acceptors (Lipinski definition) is 6. The number of rotatable bonds is 7. The lowest BCUT2D eigenvalue weighted by Crippen LogP contribution is -2.49. The molecule has 33 heavy (non-hydrogen) atoms. The molecule has 1 unspecified atom stereocenters. The van der Waals surface area contributed by atoms with Crippen LogP contribution in [0.1, 0.15) is 36.8 Å². The molecule has 2 aliphatic rings. The highest BCUT2D eigenvalue weighted by molar-refractivity contribution is 7.91. The Labute approximate surface area is 197 Å². The lowest BCUT2D eigenvalue weighted by molar-refractivity contribution is 0.0553. The fourth-order valence-electron chi connectivity index (χ4n) is 5.02. The largest absolute Gasteiger partial charge is 0.370 e. The third kappa shape index (κ3) is 5.94. The number of nitriles is 1. The summed E-state index contributed by atoms with van der Waals surface area (Å²) >= 11 is 0. The molecule has 176 valence electrons. The smallest absolute Gasteiger partial charge is 0.202 e. The van der Waals surface area contributed by atoms with E-state index in [1.807, 2.05) is 43.3 Å². The van der Waals surface area contributed by atoms with Crippen LogP contribution < -0.4 is 4.90 Å². The number of likely N-dealkylation sites (tertiary alicyclic amines) is 1. The third-order valence-corrected chi connectivity index (χ3v) is 8.34. The average molecular weight is 468 g/mol. The predicted octanol–water partition coefficient (Wildman–Crippen LogP) is 4.00. The summed E-state index contributed by atoms with van der Waals surface area (Å²) in [5.41, 5.74) is 2.82. The van der Waals surface area contributed by atoms with Gasteiger partial charge in [-0.25, -0.2) is 8.42 Å². The number of para-hydroxylation sites is 1. The molecule has 0 amide bonds. The van der Waals surface area contributed by atoms with Crippen LogP contribution in [-0.2, 0) is 14.6 Å². The van der Waals surface area contributed by atoms with Gasteiger partial charge in [0, 0.05) is 25.7 Å². The molecule has 0 spiro atoms. The first kappa shape index (κ1) is 23.7. The van der Waals surface area contributed by atoms with Crippen molar-refractivity contribution in [3.63, 3.8) is 0 Å². The van der Waals surface area contributed by atoms with Gasteiger partial charge in [-0.2, -0.15) is 5.26 Å². The summed E-state index contributed by atoms with van der Waals surface area (Å²) in [6.07, 6.45) is 4.36. The quantitative estimate of drug-likeness (QED) is 0.613. The first-order valence-electron chi connectivity index (χ1n) is 11.8. The maximum atomic E-state index is 12.5. The minimum absolute atomic E-state index is 0.261. The van der Waals surface area contributed by atoms with Gasteiger partial charge in [-0.15, -0.1) is 0 Å².